The monoisotopic (exact) mass is 312 g/mol. The Kier molecular flexibility index (Phi) is 4.46. The van der Waals surface area contributed by atoms with Gasteiger partial charge in [0.2, 0.25) is 0 Å². The van der Waals surface area contributed by atoms with Crippen LogP contribution in [0.3, 0.4) is 0 Å². The van der Waals surface area contributed by atoms with Crippen molar-refractivity contribution in [1.82, 2.24) is 4.98 Å². The Morgan fingerprint density at radius 1 is 1.30 bits per heavy atom. The Hall–Kier alpha value is -1.79. The Labute approximate surface area is 122 Å². The van der Waals surface area contributed by atoms with Crippen molar-refractivity contribution < 1.29 is 13.2 Å². The summed E-state index contributed by atoms with van der Waals surface area (Å²) in [4.78, 5) is 3.91. The van der Waals surface area contributed by atoms with E-state index in [1.54, 1.807) is 31.2 Å². The Balaban J connectivity index is 2.41. The van der Waals surface area contributed by atoms with Gasteiger partial charge < -0.3 is 4.74 Å². The number of hydrogen-bond donors (Lipinski definition) is 1. The summed E-state index contributed by atoms with van der Waals surface area (Å²) in [7, 11) is -3.81. The van der Waals surface area contributed by atoms with Crippen LogP contribution in [0, 0.1) is 0 Å². The van der Waals surface area contributed by atoms with Gasteiger partial charge in [0, 0.05) is 11.2 Å². The molecule has 0 amide bonds. The highest BCUT2D eigenvalue weighted by Crippen LogP contribution is 2.28. The second kappa shape index (κ2) is 6.11. The van der Waals surface area contributed by atoms with Crippen LogP contribution in [0.25, 0.3) is 0 Å². The predicted molar refractivity (Wildman–Crippen MR) is 77.7 cm³/mol. The molecule has 2 aromatic rings. The molecule has 2 rings (SSSR count). The highest BCUT2D eigenvalue weighted by atomic mass is 35.5. The maximum Gasteiger partial charge on any atom is 0.266 e. The summed E-state index contributed by atoms with van der Waals surface area (Å²) in [5.74, 6) is 0.482. The van der Waals surface area contributed by atoms with Crippen LogP contribution in [0.15, 0.2) is 47.5 Å². The molecule has 106 valence electrons. The number of benzene rings is 1. The summed E-state index contributed by atoms with van der Waals surface area (Å²) in [5, 5.41) is 0.315. The molecule has 0 saturated carbocycles. The lowest BCUT2D eigenvalue weighted by Crippen LogP contribution is -2.15. The second-order valence-electron chi connectivity index (χ2n) is 3.84. The normalized spacial score (nSPS) is 11.1. The van der Waals surface area contributed by atoms with Gasteiger partial charge in [-0.15, -0.1) is 0 Å². The molecule has 1 aromatic heterocycles. The minimum absolute atomic E-state index is 0.0162. The fraction of sp³-hybridized carbons (Fsp3) is 0.154. The van der Waals surface area contributed by atoms with E-state index >= 15 is 0 Å². The minimum Gasteiger partial charge on any atom is -0.492 e. The minimum atomic E-state index is -3.81. The first-order chi connectivity index (χ1) is 9.53. The van der Waals surface area contributed by atoms with Gasteiger partial charge in [0.05, 0.1) is 6.61 Å². The Morgan fingerprint density at radius 3 is 2.75 bits per heavy atom. The molecule has 7 heteroatoms. The van der Waals surface area contributed by atoms with Crippen LogP contribution < -0.4 is 9.46 Å². The summed E-state index contributed by atoms with van der Waals surface area (Å²) in [6.07, 6.45) is 1.50. The molecular formula is C13H13ClN2O3S. The van der Waals surface area contributed by atoms with Crippen molar-refractivity contribution >= 4 is 27.4 Å². The standard InChI is InChI=1S/C13H13ClN2O3S/c1-2-19-11-7-6-10(14)9-12(11)20(17,18)16-13-5-3-4-8-15-13/h3-9H,2H2,1H3,(H,15,16). The average Bonchev–Trinajstić information content (AvgIpc) is 2.41. The van der Waals surface area contributed by atoms with Gasteiger partial charge in [-0.1, -0.05) is 17.7 Å². The molecule has 0 saturated heterocycles. The number of anilines is 1. The summed E-state index contributed by atoms with van der Waals surface area (Å²) in [6, 6.07) is 9.39. The molecule has 1 aromatic carbocycles. The molecular weight excluding hydrogens is 300 g/mol. The van der Waals surface area contributed by atoms with E-state index in [4.69, 9.17) is 16.3 Å². The zero-order valence-electron chi connectivity index (χ0n) is 10.7. The highest BCUT2D eigenvalue weighted by molar-refractivity contribution is 7.92. The fourth-order valence-electron chi connectivity index (χ4n) is 1.58. The maximum absolute atomic E-state index is 12.4. The van der Waals surface area contributed by atoms with E-state index in [1.807, 2.05) is 0 Å². The van der Waals surface area contributed by atoms with Crippen molar-refractivity contribution in [2.45, 2.75) is 11.8 Å². The van der Waals surface area contributed by atoms with Crippen LogP contribution in [0.4, 0.5) is 5.82 Å². The van der Waals surface area contributed by atoms with E-state index < -0.39 is 10.0 Å². The summed E-state index contributed by atoms with van der Waals surface area (Å²) in [6.45, 7) is 2.13. The van der Waals surface area contributed by atoms with E-state index in [1.165, 1.54) is 18.3 Å². The molecule has 0 aliphatic carbocycles. The molecule has 0 aliphatic rings. The zero-order valence-corrected chi connectivity index (χ0v) is 12.3. The first-order valence-corrected chi connectivity index (χ1v) is 7.75. The third-order valence-electron chi connectivity index (χ3n) is 2.40. The van der Waals surface area contributed by atoms with Gasteiger partial charge in [-0.2, -0.15) is 0 Å². The van der Waals surface area contributed by atoms with Crippen molar-refractivity contribution in [3.8, 4) is 5.75 Å². The van der Waals surface area contributed by atoms with Gasteiger partial charge in [-0.25, -0.2) is 13.4 Å². The molecule has 5 nitrogen and oxygen atoms in total. The lowest BCUT2D eigenvalue weighted by Gasteiger charge is -2.12. The Morgan fingerprint density at radius 2 is 2.10 bits per heavy atom. The molecule has 1 N–H and O–H groups in total. The van der Waals surface area contributed by atoms with Crippen LogP contribution in [0.2, 0.25) is 5.02 Å². The summed E-state index contributed by atoms with van der Waals surface area (Å²) < 4.78 is 32.4. The SMILES string of the molecule is CCOc1ccc(Cl)cc1S(=O)(=O)Nc1ccccn1. The predicted octanol–water partition coefficient (Wildman–Crippen LogP) is 2.93. The van der Waals surface area contributed by atoms with Crippen molar-refractivity contribution in [3.05, 3.63) is 47.6 Å². The first kappa shape index (κ1) is 14.6. The number of nitrogens with one attached hydrogen (secondary N) is 1. The molecule has 20 heavy (non-hydrogen) atoms. The van der Waals surface area contributed by atoms with Gasteiger partial charge in [0.1, 0.15) is 16.5 Å². The third kappa shape index (κ3) is 3.40. The quantitative estimate of drug-likeness (QED) is 0.921. The van der Waals surface area contributed by atoms with E-state index in [2.05, 4.69) is 9.71 Å². The largest absolute Gasteiger partial charge is 0.492 e. The molecule has 1 heterocycles. The van der Waals surface area contributed by atoms with Gasteiger partial charge >= 0.3 is 0 Å². The third-order valence-corrected chi connectivity index (χ3v) is 4.01. The van der Waals surface area contributed by atoms with E-state index in [0.717, 1.165) is 0 Å². The molecule has 0 spiro atoms. The smallest absolute Gasteiger partial charge is 0.266 e. The fourth-order valence-corrected chi connectivity index (χ4v) is 3.00. The lowest BCUT2D eigenvalue weighted by molar-refractivity contribution is 0.331. The van der Waals surface area contributed by atoms with Crippen molar-refractivity contribution in [3.63, 3.8) is 0 Å². The highest BCUT2D eigenvalue weighted by Gasteiger charge is 2.20. The van der Waals surface area contributed by atoms with Gasteiger partial charge in [0.15, 0.2) is 0 Å². The molecule has 0 unspecified atom stereocenters. The van der Waals surface area contributed by atoms with E-state index in [0.29, 0.717) is 11.6 Å². The summed E-state index contributed by atoms with van der Waals surface area (Å²) in [5.41, 5.74) is 0. The molecule has 0 bridgehead atoms. The molecule has 0 radical (unpaired) electrons. The number of hydrogen-bond acceptors (Lipinski definition) is 4. The van der Waals surface area contributed by atoms with E-state index in [9.17, 15) is 8.42 Å². The zero-order chi connectivity index (χ0) is 14.6. The number of nitrogens with zero attached hydrogens (tertiary/aromatic N) is 1. The lowest BCUT2D eigenvalue weighted by atomic mass is 10.3. The molecule has 0 fully saturated rings. The van der Waals surface area contributed by atoms with Crippen LogP contribution in [0.5, 0.6) is 5.75 Å². The number of pyridine rings is 1. The number of aromatic nitrogens is 1. The van der Waals surface area contributed by atoms with E-state index in [-0.39, 0.29) is 16.5 Å². The average molecular weight is 313 g/mol. The maximum atomic E-state index is 12.4. The number of sulfonamides is 1. The molecule has 0 atom stereocenters. The topological polar surface area (TPSA) is 68.3 Å². The van der Waals surface area contributed by atoms with Crippen LogP contribution in [-0.2, 0) is 10.0 Å². The van der Waals surface area contributed by atoms with Crippen molar-refractivity contribution in [2.75, 3.05) is 11.3 Å². The van der Waals surface area contributed by atoms with Crippen LogP contribution in [-0.4, -0.2) is 20.0 Å². The van der Waals surface area contributed by atoms with Gasteiger partial charge in [-0.3, -0.25) is 4.72 Å². The van der Waals surface area contributed by atoms with Crippen LogP contribution >= 0.6 is 11.6 Å². The van der Waals surface area contributed by atoms with Gasteiger partial charge in [-0.05, 0) is 37.3 Å². The number of rotatable bonds is 5. The second-order valence-corrected chi connectivity index (χ2v) is 5.93. The van der Waals surface area contributed by atoms with Crippen LogP contribution in [0.1, 0.15) is 6.92 Å². The number of ether oxygens (including phenoxy) is 1. The van der Waals surface area contributed by atoms with Gasteiger partial charge in [0.25, 0.3) is 10.0 Å². The Bertz CT molecular complexity index is 690. The number of halogens is 1. The first-order valence-electron chi connectivity index (χ1n) is 5.89. The summed E-state index contributed by atoms with van der Waals surface area (Å²) >= 11 is 5.86. The molecule has 0 aliphatic heterocycles. The van der Waals surface area contributed by atoms with Crippen molar-refractivity contribution in [2.24, 2.45) is 0 Å². The van der Waals surface area contributed by atoms with Crippen molar-refractivity contribution in [1.29, 1.82) is 0 Å².